The third-order valence-corrected chi connectivity index (χ3v) is 6.87. The van der Waals surface area contributed by atoms with E-state index in [4.69, 9.17) is 9.47 Å². The molecule has 2 N–H and O–H groups in total. The highest BCUT2D eigenvalue weighted by Crippen LogP contribution is 2.49. The minimum absolute atomic E-state index is 0.0834. The Morgan fingerprint density at radius 3 is 2.23 bits per heavy atom. The average Bonchev–Trinajstić information content (AvgIpc) is 3.56. The molecule has 0 saturated heterocycles. The fraction of sp³-hybridized carbons (Fsp3) is 0.619. The van der Waals surface area contributed by atoms with Crippen molar-refractivity contribution in [1.29, 1.82) is 0 Å². The Balaban J connectivity index is 1.63. The number of nitrogens with one attached hydrogen (secondary N) is 2. The van der Waals surface area contributed by atoms with Gasteiger partial charge in [0.2, 0.25) is 10.0 Å². The van der Waals surface area contributed by atoms with Crippen LogP contribution in [0.2, 0.25) is 0 Å². The highest BCUT2D eigenvalue weighted by molar-refractivity contribution is 7.89. The molecule has 2 saturated carbocycles. The van der Waals surface area contributed by atoms with Crippen molar-refractivity contribution in [2.24, 2.45) is 5.92 Å². The van der Waals surface area contributed by atoms with Gasteiger partial charge in [0.1, 0.15) is 5.60 Å². The van der Waals surface area contributed by atoms with Crippen LogP contribution in [0.25, 0.3) is 0 Å². The molecule has 1 aromatic carbocycles. The lowest BCUT2D eigenvalue weighted by Crippen LogP contribution is -2.46. The van der Waals surface area contributed by atoms with Gasteiger partial charge in [-0.15, -0.1) is 0 Å². The molecule has 166 valence electrons. The Labute approximate surface area is 177 Å². The summed E-state index contributed by atoms with van der Waals surface area (Å²) in [6.45, 7) is 5.41. The van der Waals surface area contributed by atoms with Crippen LogP contribution in [0.15, 0.2) is 29.2 Å². The van der Waals surface area contributed by atoms with Crippen LogP contribution in [0.4, 0.5) is 4.79 Å². The van der Waals surface area contributed by atoms with Crippen LogP contribution in [0.3, 0.4) is 0 Å². The summed E-state index contributed by atoms with van der Waals surface area (Å²) in [5, 5.41) is 2.78. The van der Waals surface area contributed by atoms with Gasteiger partial charge in [-0.05, 0) is 70.1 Å². The zero-order valence-corrected chi connectivity index (χ0v) is 18.7. The third kappa shape index (κ3) is 5.31. The van der Waals surface area contributed by atoms with E-state index in [0.29, 0.717) is 12.8 Å². The molecule has 0 bridgehead atoms. The monoisotopic (exact) mass is 438 g/mol. The van der Waals surface area contributed by atoms with Crippen molar-refractivity contribution in [2.75, 3.05) is 13.7 Å². The number of rotatable bonds is 8. The van der Waals surface area contributed by atoms with Crippen molar-refractivity contribution in [3.63, 3.8) is 0 Å². The number of amides is 1. The molecule has 1 atom stereocenters. The second kappa shape index (κ2) is 8.19. The Morgan fingerprint density at radius 2 is 1.77 bits per heavy atom. The lowest BCUT2D eigenvalue weighted by Gasteiger charge is -2.24. The molecule has 1 unspecified atom stereocenters. The maximum Gasteiger partial charge on any atom is 0.407 e. The fourth-order valence-electron chi connectivity index (χ4n) is 3.46. The number of benzene rings is 1. The van der Waals surface area contributed by atoms with Gasteiger partial charge in [-0.3, -0.25) is 4.79 Å². The molecule has 0 aliphatic heterocycles. The maximum absolute atomic E-state index is 12.7. The summed E-state index contributed by atoms with van der Waals surface area (Å²) < 4.78 is 38.2. The van der Waals surface area contributed by atoms with Gasteiger partial charge < -0.3 is 14.8 Å². The van der Waals surface area contributed by atoms with E-state index >= 15 is 0 Å². The van der Waals surface area contributed by atoms with Crippen LogP contribution in [0.1, 0.15) is 52.0 Å². The van der Waals surface area contributed by atoms with Gasteiger partial charge in [0.15, 0.2) is 0 Å². The van der Waals surface area contributed by atoms with Crippen LogP contribution in [-0.4, -0.2) is 45.8 Å². The molecular formula is C21H30N2O6S. The predicted molar refractivity (Wildman–Crippen MR) is 110 cm³/mol. The van der Waals surface area contributed by atoms with Crippen LogP contribution < -0.4 is 10.0 Å². The Bertz CT molecular complexity index is 896. The molecule has 9 heteroatoms. The molecule has 0 spiro atoms. The van der Waals surface area contributed by atoms with Crippen molar-refractivity contribution < 1.29 is 27.5 Å². The number of methoxy groups -OCH3 is 1. The van der Waals surface area contributed by atoms with Gasteiger partial charge in [-0.2, -0.15) is 0 Å². The summed E-state index contributed by atoms with van der Waals surface area (Å²) >= 11 is 0. The van der Waals surface area contributed by atoms with E-state index in [1.54, 1.807) is 32.9 Å². The fourth-order valence-corrected chi connectivity index (χ4v) is 4.52. The molecule has 0 aromatic heterocycles. The van der Waals surface area contributed by atoms with Crippen molar-refractivity contribution in [3.8, 4) is 0 Å². The molecule has 2 aliphatic rings. The third-order valence-electron chi connectivity index (χ3n) is 5.43. The van der Waals surface area contributed by atoms with Crippen molar-refractivity contribution in [1.82, 2.24) is 10.0 Å². The average molecular weight is 439 g/mol. The van der Waals surface area contributed by atoms with Crippen LogP contribution in [0.5, 0.6) is 0 Å². The standard InChI is InChI=1S/C21H30N2O6S/c1-20(2,3)29-19(25)23-17(14-5-6-14)13-22-30(26,27)16-9-7-15(8-10-16)21(11-12-21)18(24)28-4/h7-10,14,17,22H,5-6,11-13H2,1-4H3,(H,23,25). The number of ether oxygens (including phenoxy) is 2. The number of hydrogen-bond acceptors (Lipinski definition) is 6. The number of alkyl carbamates (subject to hydrolysis) is 1. The highest BCUT2D eigenvalue weighted by Gasteiger charge is 2.52. The minimum atomic E-state index is -3.76. The summed E-state index contributed by atoms with van der Waals surface area (Å²) in [5.41, 5.74) is -0.503. The van der Waals surface area contributed by atoms with Gasteiger partial charge in [0.25, 0.3) is 0 Å². The number of esters is 1. The van der Waals surface area contributed by atoms with Gasteiger partial charge >= 0.3 is 12.1 Å². The summed E-state index contributed by atoms with van der Waals surface area (Å²) in [7, 11) is -2.40. The Kier molecular flexibility index (Phi) is 6.15. The Morgan fingerprint density at radius 1 is 1.17 bits per heavy atom. The molecular weight excluding hydrogens is 408 g/mol. The molecule has 1 aromatic rings. The van der Waals surface area contributed by atoms with E-state index in [1.165, 1.54) is 19.2 Å². The second-order valence-electron chi connectivity index (χ2n) is 9.04. The number of carbonyl (C=O) groups excluding carboxylic acids is 2. The van der Waals surface area contributed by atoms with Gasteiger partial charge in [0.05, 0.1) is 17.4 Å². The molecule has 2 fully saturated rings. The van der Waals surface area contributed by atoms with E-state index in [-0.39, 0.29) is 29.4 Å². The Hall–Kier alpha value is -2.13. The molecule has 0 heterocycles. The van der Waals surface area contributed by atoms with Crippen molar-refractivity contribution in [2.45, 2.75) is 68.4 Å². The number of sulfonamides is 1. The normalized spacial score (nSPS) is 18.9. The topological polar surface area (TPSA) is 111 Å². The molecule has 2 aliphatic carbocycles. The molecule has 30 heavy (non-hydrogen) atoms. The van der Waals surface area contributed by atoms with E-state index in [2.05, 4.69) is 10.0 Å². The largest absolute Gasteiger partial charge is 0.468 e. The number of hydrogen-bond donors (Lipinski definition) is 2. The summed E-state index contributed by atoms with van der Waals surface area (Å²) in [6.07, 6.45) is 2.71. The van der Waals surface area contributed by atoms with Crippen LogP contribution >= 0.6 is 0 Å². The summed E-state index contributed by atoms with van der Waals surface area (Å²) in [5.74, 6) is -0.0610. The zero-order valence-electron chi connectivity index (χ0n) is 17.9. The van der Waals surface area contributed by atoms with E-state index < -0.39 is 27.1 Å². The number of carbonyl (C=O) groups is 2. The summed E-state index contributed by atoms with van der Waals surface area (Å²) in [4.78, 5) is 24.2. The molecule has 8 nitrogen and oxygen atoms in total. The highest BCUT2D eigenvalue weighted by atomic mass is 32.2. The van der Waals surface area contributed by atoms with E-state index in [1.807, 2.05) is 0 Å². The first-order valence-electron chi connectivity index (χ1n) is 10.1. The minimum Gasteiger partial charge on any atom is -0.468 e. The molecule has 0 radical (unpaired) electrons. The van der Waals surface area contributed by atoms with Gasteiger partial charge in [0, 0.05) is 12.6 Å². The smallest absolute Gasteiger partial charge is 0.407 e. The van der Waals surface area contributed by atoms with Gasteiger partial charge in [-0.1, -0.05) is 12.1 Å². The first-order valence-corrected chi connectivity index (χ1v) is 11.6. The lowest BCUT2D eigenvalue weighted by molar-refractivity contribution is -0.143. The first kappa shape index (κ1) is 22.6. The first-order chi connectivity index (χ1) is 14.0. The maximum atomic E-state index is 12.7. The van der Waals surface area contributed by atoms with Gasteiger partial charge in [-0.25, -0.2) is 17.9 Å². The quantitative estimate of drug-likeness (QED) is 0.603. The van der Waals surface area contributed by atoms with Crippen molar-refractivity contribution >= 4 is 22.1 Å². The van der Waals surface area contributed by atoms with Crippen LogP contribution in [-0.2, 0) is 29.7 Å². The zero-order chi connectivity index (χ0) is 22.2. The summed E-state index contributed by atoms with van der Waals surface area (Å²) in [6, 6.07) is 5.98. The second-order valence-corrected chi connectivity index (χ2v) is 10.8. The SMILES string of the molecule is COC(=O)C1(c2ccc(S(=O)(=O)NCC(NC(=O)OC(C)(C)C)C3CC3)cc2)CC1. The molecule has 3 rings (SSSR count). The van der Waals surface area contributed by atoms with Crippen molar-refractivity contribution in [3.05, 3.63) is 29.8 Å². The predicted octanol–water partition coefficient (Wildman–Crippen LogP) is 2.47. The molecule has 1 amide bonds. The van der Waals surface area contributed by atoms with E-state index in [0.717, 1.165) is 18.4 Å². The van der Waals surface area contributed by atoms with E-state index in [9.17, 15) is 18.0 Å². The lowest BCUT2D eigenvalue weighted by atomic mass is 9.96. The van der Waals surface area contributed by atoms with Crippen LogP contribution in [0, 0.1) is 5.92 Å².